The molecule has 5 nitrogen and oxygen atoms in total. The number of aliphatic hydroxyl groups excluding tert-OH is 1. The van der Waals surface area contributed by atoms with Crippen LogP contribution in [-0.2, 0) is 10.0 Å². The third-order valence-corrected chi connectivity index (χ3v) is 5.31. The number of rotatable bonds is 4. The fraction of sp³-hybridized carbons (Fsp3) is 0.500. The van der Waals surface area contributed by atoms with E-state index in [2.05, 4.69) is 0 Å². The Labute approximate surface area is 117 Å². The Kier molecular flexibility index (Phi) is 4.35. The lowest BCUT2D eigenvalue weighted by atomic mass is 10.1. The quantitative estimate of drug-likeness (QED) is 0.853. The van der Waals surface area contributed by atoms with Gasteiger partial charge in [0, 0.05) is 24.5 Å². The molecule has 1 N–H and O–H groups in total. The molecule has 0 bridgehead atoms. The standard InChI is InChI=1S/C12H16ClNO4S/c1-18-10-4-2-5-11-12(10)9(15)8-14(7-3-6-13)19(11,16)17/h2,4-5,9,15H,3,6-8H2,1H3. The summed E-state index contributed by atoms with van der Waals surface area (Å²) in [5, 5.41) is 10.2. The molecule has 2 rings (SSSR count). The Hall–Kier alpha value is -0.820. The number of fused-ring (bicyclic) bond motifs is 1. The highest BCUT2D eigenvalue weighted by molar-refractivity contribution is 7.89. The molecule has 1 aromatic rings. The second kappa shape index (κ2) is 5.66. The predicted molar refractivity (Wildman–Crippen MR) is 72.0 cm³/mol. The molecule has 1 atom stereocenters. The van der Waals surface area contributed by atoms with Crippen molar-refractivity contribution in [2.75, 3.05) is 26.1 Å². The molecule has 0 spiro atoms. The number of aliphatic hydroxyl groups is 1. The van der Waals surface area contributed by atoms with Crippen molar-refractivity contribution in [1.82, 2.24) is 4.31 Å². The SMILES string of the molecule is COc1cccc2c1C(O)CN(CCCCl)S2(=O)=O. The Morgan fingerprint density at radius 2 is 2.26 bits per heavy atom. The summed E-state index contributed by atoms with van der Waals surface area (Å²) >= 11 is 5.59. The first-order valence-electron chi connectivity index (χ1n) is 5.93. The number of hydrogen-bond donors (Lipinski definition) is 1. The Morgan fingerprint density at radius 3 is 2.89 bits per heavy atom. The second-order valence-corrected chi connectivity index (χ2v) is 6.58. The van der Waals surface area contributed by atoms with Crippen molar-refractivity contribution in [3.8, 4) is 5.75 Å². The molecular formula is C12H16ClNO4S. The summed E-state index contributed by atoms with van der Waals surface area (Å²) in [6.45, 7) is 0.339. The van der Waals surface area contributed by atoms with E-state index in [1.807, 2.05) is 0 Å². The molecule has 106 valence electrons. The van der Waals surface area contributed by atoms with Crippen molar-refractivity contribution < 1.29 is 18.3 Å². The van der Waals surface area contributed by atoms with Crippen LogP contribution < -0.4 is 4.74 Å². The van der Waals surface area contributed by atoms with Crippen LogP contribution in [-0.4, -0.2) is 43.9 Å². The van der Waals surface area contributed by atoms with Gasteiger partial charge in [0.25, 0.3) is 0 Å². The lowest BCUT2D eigenvalue weighted by molar-refractivity contribution is 0.134. The van der Waals surface area contributed by atoms with Gasteiger partial charge < -0.3 is 9.84 Å². The molecular weight excluding hydrogens is 290 g/mol. The zero-order valence-electron chi connectivity index (χ0n) is 10.5. The largest absolute Gasteiger partial charge is 0.496 e. The van der Waals surface area contributed by atoms with Crippen molar-refractivity contribution in [2.24, 2.45) is 0 Å². The summed E-state index contributed by atoms with van der Waals surface area (Å²) < 4.78 is 31.3. The van der Waals surface area contributed by atoms with E-state index in [1.165, 1.54) is 17.5 Å². The van der Waals surface area contributed by atoms with Gasteiger partial charge in [-0.3, -0.25) is 0 Å². The van der Waals surface area contributed by atoms with Gasteiger partial charge in [0.1, 0.15) is 5.75 Å². The predicted octanol–water partition coefficient (Wildman–Crippen LogP) is 1.36. The van der Waals surface area contributed by atoms with E-state index >= 15 is 0 Å². The molecule has 1 unspecified atom stereocenters. The van der Waals surface area contributed by atoms with Crippen molar-refractivity contribution in [3.63, 3.8) is 0 Å². The summed E-state index contributed by atoms with van der Waals surface area (Å²) in [6.07, 6.45) is -0.336. The van der Waals surface area contributed by atoms with Crippen LogP contribution in [0.5, 0.6) is 5.75 Å². The van der Waals surface area contributed by atoms with Crippen molar-refractivity contribution >= 4 is 21.6 Å². The molecule has 0 radical (unpaired) electrons. The monoisotopic (exact) mass is 305 g/mol. The van der Waals surface area contributed by atoms with Gasteiger partial charge in [-0.15, -0.1) is 11.6 Å². The van der Waals surface area contributed by atoms with Gasteiger partial charge >= 0.3 is 0 Å². The van der Waals surface area contributed by atoms with Gasteiger partial charge in [-0.1, -0.05) is 6.07 Å². The fourth-order valence-electron chi connectivity index (χ4n) is 2.22. The molecule has 0 aromatic heterocycles. The van der Waals surface area contributed by atoms with E-state index in [9.17, 15) is 13.5 Å². The minimum atomic E-state index is -3.59. The molecule has 1 aliphatic heterocycles. The molecule has 7 heteroatoms. The molecule has 0 saturated heterocycles. The van der Waals surface area contributed by atoms with Crippen molar-refractivity contribution in [2.45, 2.75) is 17.4 Å². The number of methoxy groups -OCH3 is 1. The number of hydrogen-bond acceptors (Lipinski definition) is 4. The van der Waals surface area contributed by atoms with E-state index in [0.717, 1.165) is 0 Å². The van der Waals surface area contributed by atoms with Crippen LogP contribution in [0.4, 0.5) is 0 Å². The second-order valence-electron chi connectivity index (χ2n) is 4.29. The first-order chi connectivity index (χ1) is 9.02. The lowest BCUT2D eigenvalue weighted by Gasteiger charge is -2.32. The molecule has 1 aliphatic rings. The average Bonchev–Trinajstić information content (AvgIpc) is 2.40. The zero-order valence-corrected chi connectivity index (χ0v) is 12.1. The van der Waals surface area contributed by atoms with Gasteiger partial charge in [0.05, 0.1) is 18.1 Å². The zero-order chi connectivity index (χ0) is 14.0. The topological polar surface area (TPSA) is 66.8 Å². The fourth-order valence-corrected chi connectivity index (χ4v) is 4.09. The van der Waals surface area contributed by atoms with E-state index in [0.29, 0.717) is 30.2 Å². The maximum absolute atomic E-state index is 12.4. The number of halogens is 1. The average molecular weight is 306 g/mol. The third-order valence-electron chi connectivity index (χ3n) is 3.11. The Balaban J connectivity index is 2.49. The Bertz CT molecular complexity index is 561. The van der Waals surface area contributed by atoms with Gasteiger partial charge in [-0.2, -0.15) is 4.31 Å². The minimum absolute atomic E-state index is 0.0343. The molecule has 19 heavy (non-hydrogen) atoms. The third kappa shape index (κ3) is 2.58. The van der Waals surface area contributed by atoms with Crippen LogP contribution >= 0.6 is 11.6 Å². The van der Waals surface area contributed by atoms with Gasteiger partial charge in [-0.05, 0) is 18.6 Å². The molecule has 0 fully saturated rings. The summed E-state index contributed by atoms with van der Waals surface area (Å²) in [6, 6.07) is 4.74. The number of nitrogens with zero attached hydrogens (tertiary/aromatic N) is 1. The van der Waals surface area contributed by atoms with E-state index in [1.54, 1.807) is 12.1 Å². The van der Waals surface area contributed by atoms with Crippen molar-refractivity contribution in [1.29, 1.82) is 0 Å². The van der Waals surface area contributed by atoms with E-state index < -0.39 is 16.1 Å². The lowest BCUT2D eigenvalue weighted by Crippen LogP contribution is -2.40. The highest BCUT2D eigenvalue weighted by Crippen LogP contribution is 2.38. The molecule has 1 heterocycles. The van der Waals surface area contributed by atoms with Gasteiger partial charge in [0.15, 0.2) is 0 Å². The highest BCUT2D eigenvalue weighted by Gasteiger charge is 2.37. The van der Waals surface area contributed by atoms with Crippen LogP contribution in [0.1, 0.15) is 18.1 Å². The number of β-amino-alcohol motifs (C(OH)–C–C–N with tert-alkyl or cyclic N) is 1. The van der Waals surface area contributed by atoms with Gasteiger partial charge in [-0.25, -0.2) is 8.42 Å². The minimum Gasteiger partial charge on any atom is -0.496 e. The van der Waals surface area contributed by atoms with Crippen LogP contribution in [0, 0.1) is 0 Å². The number of alkyl halides is 1. The number of sulfonamides is 1. The van der Waals surface area contributed by atoms with Crippen LogP contribution in [0.3, 0.4) is 0 Å². The van der Waals surface area contributed by atoms with Crippen LogP contribution in [0.2, 0.25) is 0 Å². The summed E-state index contributed by atoms with van der Waals surface area (Å²) in [7, 11) is -2.13. The first-order valence-corrected chi connectivity index (χ1v) is 7.91. The molecule has 0 aliphatic carbocycles. The molecule has 0 amide bonds. The maximum atomic E-state index is 12.4. The molecule has 1 aromatic carbocycles. The summed E-state index contributed by atoms with van der Waals surface area (Å²) in [5.74, 6) is 0.776. The van der Waals surface area contributed by atoms with E-state index in [-0.39, 0.29) is 11.4 Å². The maximum Gasteiger partial charge on any atom is 0.243 e. The summed E-state index contributed by atoms with van der Waals surface area (Å²) in [5.41, 5.74) is 0.340. The van der Waals surface area contributed by atoms with Crippen LogP contribution in [0.15, 0.2) is 23.1 Å². The van der Waals surface area contributed by atoms with E-state index in [4.69, 9.17) is 16.3 Å². The number of ether oxygens (including phenoxy) is 1. The summed E-state index contributed by atoms with van der Waals surface area (Å²) in [4.78, 5) is 0.111. The van der Waals surface area contributed by atoms with Gasteiger partial charge in [0.2, 0.25) is 10.0 Å². The first kappa shape index (κ1) is 14.6. The highest BCUT2D eigenvalue weighted by atomic mass is 35.5. The number of benzene rings is 1. The van der Waals surface area contributed by atoms with Crippen molar-refractivity contribution in [3.05, 3.63) is 23.8 Å². The molecule has 0 saturated carbocycles. The normalized spacial score (nSPS) is 21.9. The van der Waals surface area contributed by atoms with Crippen LogP contribution in [0.25, 0.3) is 0 Å². The smallest absolute Gasteiger partial charge is 0.243 e. The Morgan fingerprint density at radius 1 is 1.53 bits per heavy atom.